The molecule has 3 atom stereocenters. The SMILES string of the molecule is C[C@@H]1CN(c2ncc(C(F)(F)F)cn2)[C@H](C)CN1C(=O)O[C@@H](C)Cc1c[nH]c(=O)c(C(F)(F)F)c1. The molecule has 35 heavy (non-hydrogen) atoms. The molecule has 3 heterocycles. The maximum atomic E-state index is 13.0. The Morgan fingerprint density at radius 2 is 1.74 bits per heavy atom. The molecule has 1 aliphatic heterocycles. The Balaban J connectivity index is 1.62. The average molecular weight is 507 g/mol. The van der Waals surface area contributed by atoms with Gasteiger partial charge in [0, 0.05) is 50.2 Å². The van der Waals surface area contributed by atoms with Crippen LogP contribution in [0, 0.1) is 0 Å². The van der Waals surface area contributed by atoms with Crippen LogP contribution in [0.2, 0.25) is 0 Å². The average Bonchev–Trinajstić information content (AvgIpc) is 2.75. The number of piperazine rings is 1. The van der Waals surface area contributed by atoms with Gasteiger partial charge in [-0.25, -0.2) is 14.8 Å². The number of anilines is 1. The second kappa shape index (κ2) is 9.74. The number of nitrogens with zero attached hydrogens (tertiary/aromatic N) is 4. The first kappa shape index (κ1) is 26.3. The normalized spacial score (nSPS) is 20.0. The number of nitrogens with one attached hydrogen (secondary N) is 1. The van der Waals surface area contributed by atoms with Crippen molar-refractivity contribution in [1.82, 2.24) is 19.9 Å². The number of halogens is 6. The summed E-state index contributed by atoms with van der Waals surface area (Å²) in [6, 6.07) is -0.0440. The maximum absolute atomic E-state index is 13.0. The Morgan fingerprint density at radius 1 is 1.11 bits per heavy atom. The van der Waals surface area contributed by atoms with E-state index in [-0.39, 0.29) is 37.1 Å². The van der Waals surface area contributed by atoms with Crippen LogP contribution in [0.5, 0.6) is 0 Å². The van der Waals surface area contributed by atoms with E-state index in [1.807, 2.05) is 4.98 Å². The maximum Gasteiger partial charge on any atom is 0.421 e. The highest BCUT2D eigenvalue weighted by Crippen LogP contribution is 2.29. The smallest absolute Gasteiger partial charge is 0.421 e. The highest BCUT2D eigenvalue weighted by Gasteiger charge is 2.37. The van der Waals surface area contributed by atoms with Crippen LogP contribution in [0.1, 0.15) is 37.5 Å². The summed E-state index contributed by atoms with van der Waals surface area (Å²) in [7, 11) is 0. The molecule has 2 aromatic heterocycles. The molecule has 8 nitrogen and oxygen atoms in total. The summed E-state index contributed by atoms with van der Waals surface area (Å²) in [5, 5.41) is 0. The standard InChI is InChI=1S/C21H23F6N5O3/c1-11-10-32(12(2)9-31(11)18-29-7-15(8-30-18)20(22,23)24)19(34)35-13(3)4-14-5-16(21(25,26)27)17(33)28-6-14/h5-8,11-13H,4,9-10H2,1-3H3,(H,28,33)/t11-,12-,13+/m1/s1. The van der Waals surface area contributed by atoms with Crippen LogP contribution >= 0.6 is 0 Å². The molecule has 0 aliphatic carbocycles. The quantitative estimate of drug-likeness (QED) is 0.632. The van der Waals surface area contributed by atoms with Gasteiger partial charge in [0.15, 0.2) is 0 Å². The lowest BCUT2D eigenvalue weighted by Gasteiger charge is -2.43. The van der Waals surface area contributed by atoms with Gasteiger partial charge in [-0.1, -0.05) is 0 Å². The Hall–Kier alpha value is -3.32. The minimum Gasteiger partial charge on any atom is -0.446 e. The highest BCUT2D eigenvalue weighted by atomic mass is 19.4. The molecule has 3 rings (SSSR count). The van der Waals surface area contributed by atoms with Crippen molar-refractivity contribution in [3.05, 3.63) is 51.7 Å². The molecule has 2 aromatic rings. The van der Waals surface area contributed by atoms with E-state index in [1.54, 1.807) is 18.7 Å². The number of ether oxygens (including phenoxy) is 1. The van der Waals surface area contributed by atoms with Crippen molar-refractivity contribution in [2.45, 2.75) is 57.7 Å². The number of rotatable bonds is 4. The summed E-state index contributed by atoms with van der Waals surface area (Å²) >= 11 is 0. The molecule has 1 fully saturated rings. The highest BCUT2D eigenvalue weighted by molar-refractivity contribution is 5.69. The fraction of sp³-hybridized carbons (Fsp3) is 0.524. The summed E-state index contributed by atoms with van der Waals surface area (Å²) < 4.78 is 82.5. The third-order valence-corrected chi connectivity index (χ3v) is 5.54. The van der Waals surface area contributed by atoms with E-state index in [1.165, 1.54) is 11.8 Å². The summed E-state index contributed by atoms with van der Waals surface area (Å²) in [6.45, 7) is 5.36. The van der Waals surface area contributed by atoms with Crippen molar-refractivity contribution >= 4 is 12.0 Å². The topological polar surface area (TPSA) is 91.4 Å². The van der Waals surface area contributed by atoms with Crippen molar-refractivity contribution in [1.29, 1.82) is 0 Å². The number of aromatic nitrogens is 3. The van der Waals surface area contributed by atoms with Gasteiger partial charge in [0.05, 0.1) is 5.56 Å². The van der Waals surface area contributed by atoms with E-state index in [2.05, 4.69) is 9.97 Å². The molecular formula is C21H23F6N5O3. The number of carbonyl (C=O) groups is 1. The largest absolute Gasteiger partial charge is 0.446 e. The zero-order valence-corrected chi connectivity index (χ0v) is 18.9. The molecular weight excluding hydrogens is 484 g/mol. The van der Waals surface area contributed by atoms with E-state index in [0.717, 1.165) is 12.3 Å². The Bertz CT molecular complexity index is 1100. The van der Waals surface area contributed by atoms with Crippen LogP contribution in [-0.4, -0.2) is 57.2 Å². The fourth-order valence-corrected chi connectivity index (χ4v) is 3.75. The van der Waals surface area contributed by atoms with Crippen molar-refractivity contribution in [2.24, 2.45) is 0 Å². The van der Waals surface area contributed by atoms with Gasteiger partial charge < -0.3 is 19.5 Å². The second-order valence-corrected chi connectivity index (χ2v) is 8.42. The van der Waals surface area contributed by atoms with Crippen molar-refractivity contribution < 1.29 is 35.9 Å². The van der Waals surface area contributed by atoms with Gasteiger partial charge in [0.1, 0.15) is 11.7 Å². The lowest BCUT2D eigenvalue weighted by Crippen LogP contribution is -2.59. The first-order valence-corrected chi connectivity index (χ1v) is 10.6. The van der Waals surface area contributed by atoms with Crippen molar-refractivity contribution in [3.63, 3.8) is 0 Å². The molecule has 0 saturated carbocycles. The van der Waals surface area contributed by atoms with Crippen LogP contribution in [0.4, 0.5) is 37.1 Å². The number of alkyl halides is 6. The lowest BCUT2D eigenvalue weighted by atomic mass is 10.1. The minimum absolute atomic E-state index is 0.0606. The summed E-state index contributed by atoms with van der Waals surface area (Å²) in [5.74, 6) is 0.0947. The molecule has 1 aliphatic rings. The first-order valence-electron chi connectivity index (χ1n) is 10.6. The predicted octanol–water partition coefficient (Wildman–Crippen LogP) is 3.87. The van der Waals surface area contributed by atoms with Gasteiger partial charge in [-0.15, -0.1) is 0 Å². The van der Waals surface area contributed by atoms with E-state index < -0.39 is 47.3 Å². The number of H-pyrrole nitrogens is 1. The number of hydrogen-bond acceptors (Lipinski definition) is 6. The number of carbonyl (C=O) groups excluding carboxylic acids is 1. The summed E-state index contributed by atoms with van der Waals surface area (Å²) in [5.41, 5.74) is -3.42. The molecule has 14 heteroatoms. The third-order valence-electron chi connectivity index (χ3n) is 5.54. The number of amides is 1. The first-order chi connectivity index (χ1) is 16.2. The molecule has 0 aromatic carbocycles. The van der Waals surface area contributed by atoms with E-state index in [9.17, 15) is 35.9 Å². The zero-order valence-electron chi connectivity index (χ0n) is 18.9. The molecule has 1 amide bonds. The van der Waals surface area contributed by atoms with Crippen LogP contribution in [0.15, 0.2) is 29.5 Å². The van der Waals surface area contributed by atoms with E-state index >= 15 is 0 Å². The van der Waals surface area contributed by atoms with E-state index in [4.69, 9.17) is 4.74 Å². The number of aromatic amines is 1. The van der Waals surface area contributed by atoms with Crippen molar-refractivity contribution in [2.75, 3.05) is 18.0 Å². The Kier molecular flexibility index (Phi) is 7.31. The van der Waals surface area contributed by atoms with Crippen molar-refractivity contribution in [3.8, 4) is 0 Å². The molecule has 1 N–H and O–H groups in total. The second-order valence-electron chi connectivity index (χ2n) is 8.42. The van der Waals surface area contributed by atoms with Gasteiger partial charge >= 0.3 is 18.4 Å². The lowest BCUT2D eigenvalue weighted by molar-refractivity contribution is -0.139. The molecule has 0 spiro atoms. The Morgan fingerprint density at radius 3 is 2.31 bits per heavy atom. The van der Waals surface area contributed by atoms with Crippen LogP contribution in [0.25, 0.3) is 0 Å². The predicted molar refractivity (Wildman–Crippen MR) is 112 cm³/mol. The molecule has 0 bridgehead atoms. The number of pyridine rings is 1. The third kappa shape index (κ3) is 6.22. The Labute approximate surface area is 195 Å². The van der Waals surface area contributed by atoms with Crippen LogP contribution in [0.3, 0.4) is 0 Å². The van der Waals surface area contributed by atoms with Gasteiger partial charge in [0.25, 0.3) is 5.56 Å². The van der Waals surface area contributed by atoms with Gasteiger partial charge in [-0.05, 0) is 32.4 Å². The van der Waals surface area contributed by atoms with Crippen LogP contribution < -0.4 is 10.5 Å². The van der Waals surface area contributed by atoms with Gasteiger partial charge in [0.2, 0.25) is 5.95 Å². The monoisotopic (exact) mass is 507 g/mol. The number of hydrogen-bond donors (Lipinski definition) is 1. The van der Waals surface area contributed by atoms with Gasteiger partial charge in [-0.3, -0.25) is 4.79 Å². The van der Waals surface area contributed by atoms with E-state index in [0.29, 0.717) is 12.4 Å². The fourth-order valence-electron chi connectivity index (χ4n) is 3.75. The molecule has 0 radical (unpaired) electrons. The summed E-state index contributed by atoms with van der Waals surface area (Å²) in [6.07, 6.45) is -8.39. The molecule has 192 valence electrons. The zero-order chi connectivity index (χ0) is 26.1. The van der Waals surface area contributed by atoms with Gasteiger partial charge in [-0.2, -0.15) is 26.3 Å². The summed E-state index contributed by atoms with van der Waals surface area (Å²) in [4.78, 5) is 36.9. The van der Waals surface area contributed by atoms with Crippen LogP contribution in [-0.2, 0) is 23.5 Å². The molecule has 1 saturated heterocycles. The molecule has 0 unspecified atom stereocenters. The minimum atomic E-state index is -4.81.